The zero-order valence-corrected chi connectivity index (χ0v) is 10.5. The van der Waals surface area contributed by atoms with Crippen LogP contribution in [0.25, 0.3) is 0 Å². The molecule has 92 valence electrons. The van der Waals surface area contributed by atoms with Gasteiger partial charge in [0.1, 0.15) is 11.0 Å². The molecule has 7 heteroatoms. The fraction of sp³-hybridized carbons (Fsp3) is 0.500. The van der Waals surface area contributed by atoms with Crippen LogP contribution in [0.5, 0.6) is 0 Å². The van der Waals surface area contributed by atoms with E-state index in [9.17, 15) is 0 Å². The van der Waals surface area contributed by atoms with E-state index in [0.717, 1.165) is 12.4 Å². The Hall–Kier alpha value is -1.40. The molecule has 0 bridgehead atoms. The van der Waals surface area contributed by atoms with Gasteiger partial charge in [-0.25, -0.2) is 4.98 Å². The molecule has 0 fully saturated rings. The van der Waals surface area contributed by atoms with E-state index in [2.05, 4.69) is 20.4 Å². The Labute approximate surface area is 104 Å². The number of nitrogens with one attached hydrogen (secondary N) is 1. The van der Waals surface area contributed by atoms with Crippen LogP contribution in [-0.2, 0) is 20.0 Å². The summed E-state index contributed by atoms with van der Waals surface area (Å²) >= 11 is 5.88. The van der Waals surface area contributed by atoms with Gasteiger partial charge in [-0.15, -0.1) is 0 Å². The predicted octanol–water partition coefficient (Wildman–Crippen LogP) is 1.10. The molecule has 0 aliphatic rings. The predicted molar refractivity (Wildman–Crippen MR) is 62.7 cm³/mol. The Morgan fingerprint density at radius 1 is 1.53 bits per heavy atom. The van der Waals surface area contributed by atoms with Crippen LogP contribution in [0.4, 0.5) is 0 Å². The Morgan fingerprint density at radius 3 is 2.94 bits per heavy atom. The van der Waals surface area contributed by atoms with Crippen LogP contribution in [0.15, 0.2) is 10.7 Å². The first-order valence-electron chi connectivity index (χ1n) is 5.33. The molecule has 0 amide bonds. The Morgan fingerprint density at radius 2 is 2.35 bits per heavy atom. The number of hydrogen-bond donors (Lipinski definition) is 1. The second-order valence-corrected chi connectivity index (χ2v) is 4.11. The first-order valence-corrected chi connectivity index (χ1v) is 5.70. The van der Waals surface area contributed by atoms with Crippen molar-refractivity contribution in [2.45, 2.75) is 19.9 Å². The maximum Gasteiger partial charge on any atom is 0.227 e. The fourth-order valence-corrected chi connectivity index (χ4v) is 1.57. The van der Waals surface area contributed by atoms with Crippen LogP contribution in [0, 0.1) is 6.92 Å². The summed E-state index contributed by atoms with van der Waals surface area (Å²) in [6, 6.07) is 0. The van der Waals surface area contributed by atoms with Crippen LogP contribution in [0.2, 0.25) is 5.15 Å². The van der Waals surface area contributed by atoms with Crippen molar-refractivity contribution >= 4 is 11.6 Å². The molecule has 17 heavy (non-hydrogen) atoms. The minimum Gasteiger partial charge on any atom is -0.339 e. The summed E-state index contributed by atoms with van der Waals surface area (Å²) in [5, 5.41) is 7.60. The van der Waals surface area contributed by atoms with Crippen molar-refractivity contribution in [2.75, 3.05) is 6.54 Å². The van der Waals surface area contributed by atoms with Crippen LogP contribution in [-0.4, -0.2) is 26.2 Å². The molecule has 0 aromatic carbocycles. The van der Waals surface area contributed by atoms with Crippen molar-refractivity contribution in [3.63, 3.8) is 0 Å². The summed E-state index contributed by atoms with van der Waals surface area (Å²) in [7, 11) is 1.88. The molecule has 0 saturated heterocycles. The van der Waals surface area contributed by atoms with E-state index in [4.69, 9.17) is 16.1 Å². The van der Waals surface area contributed by atoms with Crippen LogP contribution < -0.4 is 5.32 Å². The third-order valence-electron chi connectivity index (χ3n) is 2.40. The largest absolute Gasteiger partial charge is 0.339 e. The maximum absolute atomic E-state index is 5.88. The standard InChI is InChI=1S/C10H14ClN5O/c1-7-14-10(17-15-7)3-4-12-6-9-13-5-8(11)16(9)2/h5,12H,3-4,6H2,1-2H3. The zero-order chi connectivity index (χ0) is 12.3. The van der Waals surface area contributed by atoms with Crippen molar-refractivity contribution in [3.05, 3.63) is 28.9 Å². The Kier molecular flexibility index (Phi) is 3.75. The number of aromatic nitrogens is 4. The number of halogens is 1. The quantitative estimate of drug-likeness (QED) is 0.811. The molecule has 6 nitrogen and oxygen atoms in total. The molecule has 0 aliphatic carbocycles. The van der Waals surface area contributed by atoms with E-state index < -0.39 is 0 Å². The highest BCUT2D eigenvalue weighted by molar-refractivity contribution is 6.29. The maximum atomic E-state index is 5.88. The van der Waals surface area contributed by atoms with Gasteiger partial charge in [-0.05, 0) is 6.92 Å². The van der Waals surface area contributed by atoms with Crippen molar-refractivity contribution in [3.8, 4) is 0 Å². The summed E-state index contributed by atoms with van der Waals surface area (Å²) in [6.07, 6.45) is 2.35. The highest BCUT2D eigenvalue weighted by Crippen LogP contribution is 2.08. The first kappa shape index (κ1) is 12.1. The van der Waals surface area contributed by atoms with Gasteiger partial charge in [-0.2, -0.15) is 4.98 Å². The van der Waals surface area contributed by atoms with Gasteiger partial charge in [-0.1, -0.05) is 16.8 Å². The van der Waals surface area contributed by atoms with Crippen LogP contribution in [0.3, 0.4) is 0 Å². The minimum absolute atomic E-state index is 0.634. The number of rotatable bonds is 5. The molecule has 0 radical (unpaired) electrons. The third kappa shape index (κ3) is 3.04. The van der Waals surface area contributed by atoms with Gasteiger partial charge in [0, 0.05) is 20.0 Å². The highest BCUT2D eigenvalue weighted by Gasteiger charge is 2.05. The Balaban J connectivity index is 1.75. The molecule has 2 heterocycles. The van der Waals surface area contributed by atoms with E-state index >= 15 is 0 Å². The van der Waals surface area contributed by atoms with Gasteiger partial charge in [0.25, 0.3) is 0 Å². The summed E-state index contributed by atoms with van der Waals surface area (Å²) < 4.78 is 6.84. The summed E-state index contributed by atoms with van der Waals surface area (Å²) in [5.41, 5.74) is 0. The second kappa shape index (κ2) is 5.29. The minimum atomic E-state index is 0.634. The van der Waals surface area contributed by atoms with Gasteiger partial charge in [0.2, 0.25) is 5.89 Å². The van der Waals surface area contributed by atoms with E-state index in [0.29, 0.717) is 29.8 Å². The third-order valence-corrected chi connectivity index (χ3v) is 2.75. The zero-order valence-electron chi connectivity index (χ0n) is 9.77. The number of imidazole rings is 1. The highest BCUT2D eigenvalue weighted by atomic mass is 35.5. The molecular weight excluding hydrogens is 242 g/mol. The Bertz CT molecular complexity index is 493. The fourth-order valence-electron chi connectivity index (χ4n) is 1.43. The molecule has 1 N–H and O–H groups in total. The molecule has 0 saturated carbocycles. The average Bonchev–Trinajstić information content (AvgIpc) is 2.84. The molecule has 0 atom stereocenters. The van der Waals surface area contributed by atoms with E-state index in [-0.39, 0.29) is 0 Å². The SMILES string of the molecule is Cc1noc(CCNCc2ncc(Cl)n2C)n1. The lowest BCUT2D eigenvalue weighted by Gasteiger charge is -2.03. The first-order chi connectivity index (χ1) is 8.16. The monoisotopic (exact) mass is 255 g/mol. The van der Waals surface area contributed by atoms with Crippen molar-refractivity contribution in [1.82, 2.24) is 25.0 Å². The van der Waals surface area contributed by atoms with Gasteiger partial charge in [0.05, 0.1) is 12.7 Å². The molecular formula is C10H14ClN5O. The number of aryl methyl sites for hydroxylation is 1. The summed E-state index contributed by atoms with van der Waals surface area (Å²) in [6.45, 7) is 3.22. The second-order valence-electron chi connectivity index (χ2n) is 3.72. The topological polar surface area (TPSA) is 68.8 Å². The average molecular weight is 256 g/mol. The van der Waals surface area contributed by atoms with Crippen molar-refractivity contribution in [1.29, 1.82) is 0 Å². The van der Waals surface area contributed by atoms with Crippen LogP contribution >= 0.6 is 11.6 Å². The van der Waals surface area contributed by atoms with Gasteiger partial charge < -0.3 is 14.4 Å². The normalized spacial score (nSPS) is 11.0. The lowest BCUT2D eigenvalue weighted by molar-refractivity contribution is 0.372. The van der Waals surface area contributed by atoms with E-state index in [1.807, 2.05) is 11.6 Å². The van der Waals surface area contributed by atoms with Crippen LogP contribution in [0.1, 0.15) is 17.5 Å². The molecule has 0 unspecified atom stereocenters. The molecule has 2 rings (SSSR count). The molecule has 2 aromatic rings. The summed E-state index contributed by atoms with van der Waals surface area (Å²) in [4.78, 5) is 8.30. The van der Waals surface area contributed by atoms with E-state index in [1.54, 1.807) is 13.1 Å². The van der Waals surface area contributed by atoms with Gasteiger partial charge in [-0.3, -0.25) is 0 Å². The number of nitrogens with zero attached hydrogens (tertiary/aromatic N) is 4. The van der Waals surface area contributed by atoms with Crippen molar-refractivity contribution < 1.29 is 4.52 Å². The number of hydrogen-bond acceptors (Lipinski definition) is 5. The molecule has 2 aromatic heterocycles. The lowest BCUT2D eigenvalue weighted by Crippen LogP contribution is -2.19. The smallest absolute Gasteiger partial charge is 0.227 e. The van der Waals surface area contributed by atoms with Gasteiger partial charge >= 0.3 is 0 Å². The van der Waals surface area contributed by atoms with Gasteiger partial charge in [0.15, 0.2) is 5.82 Å². The summed E-state index contributed by atoms with van der Waals surface area (Å²) in [5.74, 6) is 2.21. The van der Waals surface area contributed by atoms with E-state index in [1.165, 1.54) is 0 Å². The lowest BCUT2D eigenvalue weighted by atomic mass is 10.4. The van der Waals surface area contributed by atoms with Crippen molar-refractivity contribution in [2.24, 2.45) is 7.05 Å². The molecule has 0 aliphatic heterocycles. The molecule has 0 spiro atoms.